The van der Waals surface area contributed by atoms with Gasteiger partial charge in [0.15, 0.2) is 0 Å². The molecule has 20 heavy (non-hydrogen) atoms. The van der Waals surface area contributed by atoms with Crippen LogP contribution in [0.15, 0.2) is 24.3 Å². The molecule has 4 heteroatoms. The second-order valence-corrected chi connectivity index (χ2v) is 5.53. The van der Waals surface area contributed by atoms with Crippen LogP contribution in [0.1, 0.15) is 31.7 Å². The molecule has 1 fully saturated rings. The number of amides is 1. The minimum atomic E-state index is -0.0888. The summed E-state index contributed by atoms with van der Waals surface area (Å²) in [5.41, 5.74) is 1.22. The molecule has 0 bridgehead atoms. The van der Waals surface area contributed by atoms with E-state index in [1.807, 2.05) is 31.2 Å². The molecule has 0 aliphatic carbocycles. The molecular weight excluding hydrogens is 252 g/mol. The van der Waals surface area contributed by atoms with Crippen LogP contribution in [0.3, 0.4) is 0 Å². The van der Waals surface area contributed by atoms with E-state index in [9.17, 15) is 4.79 Å². The van der Waals surface area contributed by atoms with Gasteiger partial charge in [0.2, 0.25) is 5.91 Å². The molecule has 1 heterocycles. The van der Waals surface area contributed by atoms with Gasteiger partial charge in [-0.25, -0.2) is 0 Å². The highest BCUT2D eigenvalue weighted by molar-refractivity contribution is 5.81. The standard InChI is InChI=1S/C16H24N2O2/c1-12-6-8-14(9-7-12)20-11-13(2)18-15-5-3-4-10-17-16(15)19/h6-9,13,15,18H,3-5,10-11H2,1-2H3,(H,17,19). The van der Waals surface area contributed by atoms with Gasteiger partial charge in [0.25, 0.3) is 0 Å². The fourth-order valence-electron chi connectivity index (χ4n) is 2.35. The van der Waals surface area contributed by atoms with Gasteiger partial charge in [-0.1, -0.05) is 17.7 Å². The number of aryl methyl sites for hydroxylation is 1. The largest absolute Gasteiger partial charge is 0.492 e. The van der Waals surface area contributed by atoms with Crippen molar-refractivity contribution in [3.05, 3.63) is 29.8 Å². The van der Waals surface area contributed by atoms with E-state index < -0.39 is 0 Å². The van der Waals surface area contributed by atoms with E-state index in [1.165, 1.54) is 5.56 Å². The Hall–Kier alpha value is -1.55. The summed E-state index contributed by atoms with van der Waals surface area (Å²) in [6.45, 7) is 5.46. The van der Waals surface area contributed by atoms with E-state index in [0.717, 1.165) is 31.6 Å². The summed E-state index contributed by atoms with van der Waals surface area (Å²) in [5.74, 6) is 0.985. The quantitative estimate of drug-likeness (QED) is 0.865. The summed E-state index contributed by atoms with van der Waals surface area (Å²) >= 11 is 0. The van der Waals surface area contributed by atoms with Gasteiger partial charge < -0.3 is 10.1 Å². The van der Waals surface area contributed by atoms with Crippen molar-refractivity contribution in [1.29, 1.82) is 0 Å². The van der Waals surface area contributed by atoms with Gasteiger partial charge >= 0.3 is 0 Å². The van der Waals surface area contributed by atoms with E-state index in [1.54, 1.807) is 0 Å². The van der Waals surface area contributed by atoms with Crippen LogP contribution in [0.2, 0.25) is 0 Å². The van der Waals surface area contributed by atoms with E-state index >= 15 is 0 Å². The second kappa shape index (κ2) is 7.29. The van der Waals surface area contributed by atoms with Crippen molar-refractivity contribution in [2.75, 3.05) is 13.2 Å². The van der Waals surface area contributed by atoms with E-state index in [4.69, 9.17) is 4.74 Å². The molecule has 1 saturated heterocycles. The van der Waals surface area contributed by atoms with Crippen molar-refractivity contribution < 1.29 is 9.53 Å². The zero-order valence-corrected chi connectivity index (χ0v) is 12.3. The lowest BCUT2D eigenvalue weighted by molar-refractivity contribution is -0.123. The molecule has 0 spiro atoms. The van der Waals surface area contributed by atoms with Gasteiger partial charge in [-0.3, -0.25) is 10.1 Å². The zero-order chi connectivity index (χ0) is 14.4. The summed E-state index contributed by atoms with van der Waals surface area (Å²) in [5, 5.41) is 6.29. The van der Waals surface area contributed by atoms with Crippen molar-refractivity contribution in [3.63, 3.8) is 0 Å². The number of carbonyl (C=O) groups excluding carboxylic acids is 1. The second-order valence-electron chi connectivity index (χ2n) is 5.53. The van der Waals surface area contributed by atoms with Gasteiger partial charge in [-0.05, 0) is 45.2 Å². The lowest BCUT2D eigenvalue weighted by Gasteiger charge is -2.21. The maximum Gasteiger partial charge on any atom is 0.237 e. The topological polar surface area (TPSA) is 50.4 Å². The van der Waals surface area contributed by atoms with Crippen LogP contribution in [-0.2, 0) is 4.79 Å². The van der Waals surface area contributed by atoms with Crippen LogP contribution in [0.25, 0.3) is 0 Å². The van der Waals surface area contributed by atoms with Crippen LogP contribution in [0, 0.1) is 6.92 Å². The lowest BCUT2D eigenvalue weighted by atomic mass is 10.1. The molecule has 110 valence electrons. The Balaban J connectivity index is 1.78. The van der Waals surface area contributed by atoms with E-state index in [0.29, 0.717) is 6.61 Å². The number of carbonyl (C=O) groups is 1. The minimum Gasteiger partial charge on any atom is -0.492 e. The molecule has 1 aromatic rings. The molecule has 4 nitrogen and oxygen atoms in total. The van der Waals surface area contributed by atoms with Crippen molar-refractivity contribution in [2.45, 2.75) is 45.2 Å². The molecule has 1 aliphatic heterocycles. The van der Waals surface area contributed by atoms with Crippen molar-refractivity contribution in [3.8, 4) is 5.75 Å². The molecule has 1 aliphatic rings. The molecule has 2 rings (SSSR count). The predicted molar refractivity (Wildman–Crippen MR) is 79.9 cm³/mol. The Morgan fingerprint density at radius 3 is 2.85 bits per heavy atom. The number of benzene rings is 1. The average molecular weight is 276 g/mol. The van der Waals surface area contributed by atoms with Gasteiger partial charge in [-0.2, -0.15) is 0 Å². The summed E-state index contributed by atoms with van der Waals surface area (Å²) in [7, 11) is 0. The van der Waals surface area contributed by atoms with Crippen molar-refractivity contribution in [1.82, 2.24) is 10.6 Å². The third-order valence-electron chi connectivity index (χ3n) is 3.54. The van der Waals surface area contributed by atoms with Gasteiger partial charge in [0, 0.05) is 12.6 Å². The Kier molecular flexibility index (Phi) is 5.41. The van der Waals surface area contributed by atoms with Crippen molar-refractivity contribution in [2.24, 2.45) is 0 Å². The Bertz CT molecular complexity index is 431. The molecule has 0 radical (unpaired) electrons. The number of rotatable bonds is 5. The summed E-state index contributed by atoms with van der Waals surface area (Å²) in [6, 6.07) is 8.07. The summed E-state index contributed by atoms with van der Waals surface area (Å²) in [4.78, 5) is 11.8. The lowest BCUT2D eigenvalue weighted by Crippen LogP contribution is -2.48. The first-order valence-electron chi connectivity index (χ1n) is 7.38. The van der Waals surface area contributed by atoms with Crippen LogP contribution in [0.5, 0.6) is 5.75 Å². The Morgan fingerprint density at radius 2 is 2.10 bits per heavy atom. The summed E-state index contributed by atoms with van der Waals surface area (Å²) < 4.78 is 5.74. The molecule has 0 saturated carbocycles. The Morgan fingerprint density at radius 1 is 1.35 bits per heavy atom. The summed E-state index contributed by atoms with van der Waals surface area (Å²) in [6.07, 6.45) is 3.06. The van der Waals surface area contributed by atoms with Gasteiger partial charge in [-0.15, -0.1) is 0 Å². The third-order valence-corrected chi connectivity index (χ3v) is 3.54. The van der Waals surface area contributed by atoms with Crippen LogP contribution in [0.4, 0.5) is 0 Å². The predicted octanol–water partition coefficient (Wildman–Crippen LogP) is 2.02. The Labute approximate surface area is 120 Å². The first kappa shape index (κ1) is 14.9. The highest BCUT2D eigenvalue weighted by Crippen LogP contribution is 2.12. The normalized spacial score (nSPS) is 20.9. The molecule has 2 atom stereocenters. The average Bonchev–Trinajstić information content (AvgIpc) is 2.64. The molecular formula is C16H24N2O2. The monoisotopic (exact) mass is 276 g/mol. The van der Waals surface area contributed by atoms with Gasteiger partial charge in [0.05, 0.1) is 6.04 Å². The molecule has 0 aromatic heterocycles. The first-order chi connectivity index (χ1) is 9.65. The van der Waals surface area contributed by atoms with Crippen LogP contribution >= 0.6 is 0 Å². The van der Waals surface area contributed by atoms with E-state index in [-0.39, 0.29) is 18.0 Å². The third kappa shape index (κ3) is 4.53. The highest BCUT2D eigenvalue weighted by Gasteiger charge is 2.21. The number of hydrogen-bond donors (Lipinski definition) is 2. The fourth-order valence-corrected chi connectivity index (χ4v) is 2.35. The maximum atomic E-state index is 11.8. The van der Waals surface area contributed by atoms with Gasteiger partial charge in [0.1, 0.15) is 12.4 Å². The minimum absolute atomic E-state index is 0.0888. The zero-order valence-electron chi connectivity index (χ0n) is 12.3. The smallest absolute Gasteiger partial charge is 0.237 e. The van der Waals surface area contributed by atoms with E-state index in [2.05, 4.69) is 17.6 Å². The van der Waals surface area contributed by atoms with Crippen LogP contribution < -0.4 is 15.4 Å². The SMILES string of the molecule is Cc1ccc(OCC(C)NC2CCCCNC2=O)cc1. The molecule has 1 amide bonds. The first-order valence-corrected chi connectivity index (χ1v) is 7.38. The molecule has 2 unspecified atom stereocenters. The van der Waals surface area contributed by atoms with Crippen LogP contribution in [-0.4, -0.2) is 31.1 Å². The number of hydrogen-bond acceptors (Lipinski definition) is 3. The maximum absolute atomic E-state index is 11.8. The molecule has 1 aromatic carbocycles. The fraction of sp³-hybridized carbons (Fsp3) is 0.562. The molecule has 2 N–H and O–H groups in total. The van der Waals surface area contributed by atoms with Crippen molar-refractivity contribution >= 4 is 5.91 Å². The highest BCUT2D eigenvalue weighted by atomic mass is 16.5. The number of nitrogens with one attached hydrogen (secondary N) is 2. The number of ether oxygens (including phenoxy) is 1.